The molecule has 0 aliphatic heterocycles. The van der Waals surface area contributed by atoms with Gasteiger partial charge in [-0.15, -0.1) is 0 Å². The standard InChI is InChI=1S/C10H17NO/c1-3-5-10(12)9-6-7-11(4-2)8-9/h6-8,10,12H,3-5H2,1-2H3. The van der Waals surface area contributed by atoms with Gasteiger partial charge in [0, 0.05) is 18.9 Å². The van der Waals surface area contributed by atoms with Crippen LogP contribution in [0.4, 0.5) is 0 Å². The Morgan fingerprint density at radius 1 is 1.50 bits per heavy atom. The highest BCUT2D eigenvalue weighted by Gasteiger charge is 2.06. The first kappa shape index (κ1) is 9.33. The van der Waals surface area contributed by atoms with Crippen LogP contribution in [0.15, 0.2) is 18.5 Å². The molecule has 2 nitrogen and oxygen atoms in total. The number of aryl methyl sites for hydroxylation is 1. The Labute approximate surface area is 73.8 Å². The maximum absolute atomic E-state index is 9.62. The van der Waals surface area contributed by atoms with Gasteiger partial charge in [0.25, 0.3) is 0 Å². The summed E-state index contributed by atoms with van der Waals surface area (Å²) < 4.78 is 2.08. The maximum Gasteiger partial charge on any atom is 0.0804 e. The van der Waals surface area contributed by atoms with Crippen molar-refractivity contribution >= 4 is 0 Å². The normalized spacial score (nSPS) is 13.2. The van der Waals surface area contributed by atoms with Crippen molar-refractivity contribution in [2.24, 2.45) is 0 Å². The van der Waals surface area contributed by atoms with E-state index in [0.29, 0.717) is 0 Å². The summed E-state index contributed by atoms with van der Waals surface area (Å²) in [6.07, 6.45) is 5.63. The van der Waals surface area contributed by atoms with E-state index >= 15 is 0 Å². The van der Waals surface area contributed by atoms with Crippen molar-refractivity contribution in [3.05, 3.63) is 24.0 Å². The number of nitrogens with zero attached hydrogens (tertiary/aromatic N) is 1. The molecule has 0 aliphatic rings. The molecule has 1 unspecified atom stereocenters. The number of aromatic nitrogens is 1. The molecule has 1 aromatic heterocycles. The van der Waals surface area contributed by atoms with E-state index < -0.39 is 0 Å². The van der Waals surface area contributed by atoms with Gasteiger partial charge in [-0.2, -0.15) is 0 Å². The van der Waals surface area contributed by atoms with Crippen LogP contribution in [0, 0.1) is 0 Å². The zero-order valence-corrected chi connectivity index (χ0v) is 7.83. The van der Waals surface area contributed by atoms with Crippen LogP contribution in [0.25, 0.3) is 0 Å². The molecule has 12 heavy (non-hydrogen) atoms. The molecular weight excluding hydrogens is 150 g/mol. The zero-order chi connectivity index (χ0) is 8.97. The number of hydrogen-bond donors (Lipinski definition) is 1. The minimum atomic E-state index is -0.275. The molecule has 0 saturated heterocycles. The Hall–Kier alpha value is -0.760. The molecule has 2 heteroatoms. The lowest BCUT2D eigenvalue weighted by Crippen LogP contribution is -1.95. The van der Waals surface area contributed by atoms with Gasteiger partial charge in [0.2, 0.25) is 0 Å². The lowest BCUT2D eigenvalue weighted by atomic mass is 10.1. The van der Waals surface area contributed by atoms with Gasteiger partial charge in [-0.1, -0.05) is 13.3 Å². The average molecular weight is 167 g/mol. The van der Waals surface area contributed by atoms with Crippen LogP contribution in [0.5, 0.6) is 0 Å². The summed E-state index contributed by atoms with van der Waals surface area (Å²) in [4.78, 5) is 0. The van der Waals surface area contributed by atoms with E-state index in [1.165, 1.54) is 0 Å². The first-order valence-electron chi connectivity index (χ1n) is 4.61. The Morgan fingerprint density at radius 3 is 2.75 bits per heavy atom. The zero-order valence-electron chi connectivity index (χ0n) is 7.83. The molecule has 1 atom stereocenters. The van der Waals surface area contributed by atoms with Crippen LogP contribution in [0.1, 0.15) is 38.4 Å². The largest absolute Gasteiger partial charge is 0.388 e. The third-order valence-electron chi connectivity index (χ3n) is 2.09. The number of hydrogen-bond acceptors (Lipinski definition) is 1. The van der Waals surface area contributed by atoms with Crippen molar-refractivity contribution in [2.75, 3.05) is 0 Å². The molecule has 1 heterocycles. The van der Waals surface area contributed by atoms with Crippen molar-refractivity contribution in [3.63, 3.8) is 0 Å². The fraction of sp³-hybridized carbons (Fsp3) is 0.600. The van der Waals surface area contributed by atoms with Gasteiger partial charge >= 0.3 is 0 Å². The summed E-state index contributed by atoms with van der Waals surface area (Å²) >= 11 is 0. The van der Waals surface area contributed by atoms with E-state index in [4.69, 9.17) is 0 Å². The lowest BCUT2D eigenvalue weighted by molar-refractivity contribution is 0.166. The molecule has 0 radical (unpaired) electrons. The monoisotopic (exact) mass is 167 g/mol. The highest BCUT2D eigenvalue weighted by Crippen LogP contribution is 2.17. The van der Waals surface area contributed by atoms with Crippen LogP contribution >= 0.6 is 0 Å². The van der Waals surface area contributed by atoms with Crippen molar-refractivity contribution in [3.8, 4) is 0 Å². The van der Waals surface area contributed by atoms with Gasteiger partial charge in [0.15, 0.2) is 0 Å². The minimum Gasteiger partial charge on any atom is -0.388 e. The SMILES string of the molecule is CCCC(O)c1ccn(CC)c1. The molecule has 0 spiro atoms. The maximum atomic E-state index is 9.62. The molecule has 0 amide bonds. The van der Waals surface area contributed by atoms with E-state index in [1.807, 2.05) is 18.5 Å². The van der Waals surface area contributed by atoms with Crippen LogP contribution in [0.3, 0.4) is 0 Å². The molecule has 1 rings (SSSR count). The molecule has 0 saturated carbocycles. The molecule has 0 aliphatic carbocycles. The Kier molecular flexibility index (Phi) is 3.35. The van der Waals surface area contributed by atoms with Gasteiger partial charge < -0.3 is 9.67 Å². The number of aliphatic hydroxyl groups is 1. The van der Waals surface area contributed by atoms with Crippen LogP contribution in [-0.2, 0) is 6.54 Å². The topological polar surface area (TPSA) is 25.2 Å². The van der Waals surface area contributed by atoms with Crippen LogP contribution < -0.4 is 0 Å². The van der Waals surface area contributed by atoms with E-state index in [-0.39, 0.29) is 6.10 Å². The van der Waals surface area contributed by atoms with Crippen molar-refractivity contribution in [1.82, 2.24) is 4.57 Å². The van der Waals surface area contributed by atoms with Crippen molar-refractivity contribution < 1.29 is 5.11 Å². The fourth-order valence-corrected chi connectivity index (χ4v) is 1.29. The van der Waals surface area contributed by atoms with Gasteiger partial charge in [-0.05, 0) is 25.0 Å². The number of aliphatic hydroxyl groups excluding tert-OH is 1. The first-order chi connectivity index (χ1) is 5.77. The van der Waals surface area contributed by atoms with Gasteiger partial charge in [0.1, 0.15) is 0 Å². The molecule has 0 fully saturated rings. The van der Waals surface area contributed by atoms with E-state index in [2.05, 4.69) is 18.4 Å². The molecule has 1 N–H and O–H groups in total. The molecule has 1 aromatic rings. The third kappa shape index (κ3) is 2.11. The summed E-state index contributed by atoms with van der Waals surface area (Å²) in [5, 5.41) is 9.62. The fourth-order valence-electron chi connectivity index (χ4n) is 1.29. The third-order valence-corrected chi connectivity index (χ3v) is 2.09. The Morgan fingerprint density at radius 2 is 2.25 bits per heavy atom. The quantitative estimate of drug-likeness (QED) is 0.731. The van der Waals surface area contributed by atoms with Crippen LogP contribution in [-0.4, -0.2) is 9.67 Å². The van der Waals surface area contributed by atoms with E-state index in [1.54, 1.807) is 0 Å². The molecular formula is C10H17NO. The van der Waals surface area contributed by atoms with E-state index in [0.717, 1.165) is 24.9 Å². The van der Waals surface area contributed by atoms with Gasteiger partial charge in [-0.3, -0.25) is 0 Å². The molecule has 0 bridgehead atoms. The summed E-state index contributed by atoms with van der Waals surface area (Å²) in [6, 6.07) is 1.99. The second-order valence-electron chi connectivity index (χ2n) is 3.08. The van der Waals surface area contributed by atoms with Crippen molar-refractivity contribution in [2.45, 2.75) is 39.3 Å². The summed E-state index contributed by atoms with van der Waals surface area (Å²) in [5.74, 6) is 0. The van der Waals surface area contributed by atoms with E-state index in [9.17, 15) is 5.11 Å². The second kappa shape index (κ2) is 4.31. The lowest BCUT2D eigenvalue weighted by Gasteiger charge is -2.05. The van der Waals surface area contributed by atoms with Gasteiger partial charge in [-0.25, -0.2) is 0 Å². The highest BCUT2D eigenvalue weighted by molar-refractivity contribution is 5.13. The molecule has 68 valence electrons. The number of rotatable bonds is 4. The van der Waals surface area contributed by atoms with Crippen molar-refractivity contribution in [1.29, 1.82) is 0 Å². The Bertz CT molecular complexity index is 229. The molecule has 0 aromatic carbocycles. The Balaban J connectivity index is 2.61. The second-order valence-corrected chi connectivity index (χ2v) is 3.08. The predicted octanol–water partition coefficient (Wildman–Crippen LogP) is 2.34. The summed E-state index contributed by atoms with van der Waals surface area (Å²) in [7, 11) is 0. The summed E-state index contributed by atoms with van der Waals surface area (Å²) in [6.45, 7) is 5.15. The smallest absolute Gasteiger partial charge is 0.0804 e. The minimum absolute atomic E-state index is 0.275. The summed E-state index contributed by atoms with van der Waals surface area (Å²) in [5.41, 5.74) is 1.04. The van der Waals surface area contributed by atoms with Crippen LogP contribution in [0.2, 0.25) is 0 Å². The van der Waals surface area contributed by atoms with Gasteiger partial charge in [0.05, 0.1) is 6.10 Å². The first-order valence-corrected chi connectivity index (χ1v) is 4.61. The average Bonchev–Trinajstić information content (AvgIpc) is 2.52. The predicted molar refractivity (Wildman–Crippen MR) is 50.0 cm³/mol. The highest BCUT2D eigenvalue weighted by atomic mass is 16.3.